The summed E-state index contributed by atoms with van der Waals surface area (Å²) in [4.78, 5) is 30.6. The molecule has 1 unspecified atom stereocenters. The minimum atomic E-state index is -0.274. The van der Waals surface area contributed by atoms with Gasteiger partial charge in [0.05, 0.1) is 17.9 Å². The third-order valence-corrected chi connectivity index (χ3v) is 6.97. The van der Waals surface area contributed by atoms with Gasteiger partial charge in [-0.05, 0) is 55.3 Å². The van der Waals surface area contributed by atoms with Crippen LogP contribution in [0.25, 0.3) is 16.7 Å². The molecule has 3 heterocycles. The van der Waals surface area contributed by atoms with E-state index in [1.54, 1.807) is 39.7 Å². The van der Waals surface area contributed by atoms with Crippen LogP contribution in [0.2, 0.25) is 5.02 Å². The van der Waals surface area contributed by atoms with Gasteiger partial charge in [0.2, 0.25) is 5.91 Å². The molecule has 162 valence electrons. The van der Waals surface area contributed by atoms with Crippen LogP contribution in [0.4, 0.5) is 5.69 Å². The zero-order valence-corrected chi connectivity index (χ0v) is 19.1. The summed E-state index contributed by atoms with van der Waals surface area (Å²) in [6.07, 6.45) is 1.73. The molecule has 9 heteroatoms. The van der Waals surface area contributed by atoms with Gasteiger partial charge in [0.25, 0.3) is 5.56 Å². The van der Waals surface area contributed by atoms with E-state index in [1.165, 1.54) is 17.3 Å². The van der Waals surface area contributed by atoms with Crippen molar-refractivity contribution in [2.24, 2.45) is 0 Å². The third-order valence-electron chi connectivity index (χ3n) is 5.64. The Morgan fingerprint density at radius 1 is 1.22 bits per heavy atom. The maximum absolute atomic E-state index is 13.3. The highest BCUT2D eigenvalue weighted by molar-refractivity contribution is 7.99. The van der Waals surface area contributed by atoms with Crippen molar-refractivity contribution in [1.29, 1.82) is 0 Å². The predicted octanol–water partition coefficient (Wildman–Crippen LogP) is 4.53. The third kappa shape index (κ3) is 3.69. The molecule has 2 aromatic carbocycles. The van der Waals surface area contributed by atoms with Crippen LogP contribution in [0.15, 0.2) is 58.6 Å². The molecular formula is C23H20ClN5O2S. The second-order valence-electron chi connectivity index (χ2n) is 7.86. The lowest BCUT2D eigenvalue weighted by Gasteiger charge is -2.13. The van der Waals surface area contributed by atoms with Crippen molar-refractivity contribution in [3.63, 3.8) is 0 Å². The number of anilines is 1. The summed E-state index contributed by atoms with van der Waals surface area (Å²) in [6.45, 7) is 4.09. The Hall–Kier alpha value is -3.10. The van der Waals surface area contributed by atoms with Crippen molar-refractivity contribution in [3.05, 3.63) is 75.2 Å². The fourth-order valence-electron chi connectivity index (χ4n) is 3.82. The number of aromatic nitrogens is 4. The van der Waals surface area contributed by atoms with Gasteiger partial charge in [-0.25, -0.2) is 9.67 Å². The first-order valence-electron chi connectivity index (χ1n) is 10.2. The highest BCUT2D eigenvalue weighted by Crippen LogP contribution is 2.33. The lowest BCUT2D eigenvalue weighted by molar-refractivity contribution is -0.116. The van der Waals surface area contributed by atoms with E-state index in [2.05, 4.69) is 17.3 Å². The molecule has 1 amide bonds. The summed E-state index contributed by atoms with van der Waals surface area (Å²) in [5.41, 5.74) is 4.17. The topological polar surface area (TPSA) is 81.8 Å². The van der Waals surface area contributed by atoms with Gasteiger partial charge in [-0.2, -0.15) is 5.10 Å². The lowest BCUT2D eigenvalue weighted by atomic mass is 10.1. The van der Waals surface area contributed by atoms with E-state index in [-0.39, 0.29) is 23.9 Å². The Labute approximate surface area is 193 Å². The van der Waals surface area contributed by atoms with Crippen LogP contribution in [0.1, 0.15) is 23.6 Å². The second-order valence-corrected chi connectivity index (χ2v) is 9.28. The fourth-order valence-corrected chi connectivity index (χ4v) is 5.14. The van der Waals surface area contributed by atoms with Crippen LogP contribution in [0.3, 0.4) is 0 Å². The van der Waals surface area contributed by atoms with Crippen LogP contribution in [0, 0.1) is 13.8 Å². The Morgan fingerprint density at radius 2 is 2.06 bits per heavy atom. The average molecular weight is 466 g/mol. The van der Waals surface area contributed by atoms with Crippen LogP contribution in [0.5, 0.6) is 0 Å². The van der Waals surface area contributed by atoms with E-state index < -0.39 is 0 Å². The number of aryl methyl sites for hydroxylation is 2. The number of hydrogen-bond acceptors (Lipinski definition) is 5. The summed E-state index contributed by atoms with van der Waals surface area (Å²) in [7, 11) is 0. The maximum Gasteiger partial charge on any atom is 0.265 e. The number of carbonyl (C=O) groups is 1. The highest BCUT2D eigenvalue weighted by Gasteiger charge is 2.29. The first kappa shape index (κ1) is 20.8. The van der Waals surface area contributed by atoms with Crippen LogP contribution < -0.4 is 10.9 Å². The Kier molecular flexibility index (Phi) is 5.27. The van der Waals surface area contributed by atoms with E-state index in [0.717, 1.165) is 11.3 Å². The molecule has 7 nitrogen and oxygen atoms in total. The molecule has 1 atom stereocenters. The molecule has 5 rings (SSSR count). The molecule has 0 saturated carbocycles. The quantitative estimate of drug-likeness (QED) is 0.448. The van der Waals surface area contributed by atoms with Gasteiger partial charge in [-0.1, -0.05) is 35.5 Å². The molecule has 32 heavy (non-hydrogen) atoms. The number of halogens is 1. The number of benzene rings is 2. The second kappa shape index (κ2) is 8.11. The Morgan fingerprint density at radius 3 is 2.84 bits per heavy atom. The van der Waals surface area contributed by atoms with E-state index in [0.29, 0.717) is 32.7 Å². The Bertz CT molecular complexity index is 1430. The lowest BCUT2D eigenvalue weighted by Crippen LogP contribution is -2.27. The summed E-state index contributed by atoms with van der Waals surface area (Å²) in [6, 6.07) is 12.7. The molecule has 2 aromatic heterocycles. The Balaban J connectivity index is 1.46. The van der Waals surface area contributed by atoms with Crippen molar-refractivity contribution >= 4 is 46.0 Å². The van der Waals surface area contributed by atoms with E-state index >= 15 is 0 Å². The van der Waals surface area contributed by atoms with Crippen molar-refractivity contribution in [2.75, 3.05) is 11.1 Å². The van der Waals surface area contributed by atoms with Crippen molar-refractivity contribution in [3.8, 4) is 5.69 Å². The summed E-state index contributed by atoms with van der Waals surface area (Å²) in [5, 5.41) is 8.87. The van der Waals surface area contributed by atoms with E-state index in [1.807, 2.05) is 25.1 Å². The van der Waals surface area contributed by atoms with Crippen molar-refractivity contribution in [2.45, 2.75) is 31.5 Å². The minimum absolute atomic E-state index is 0.172. The van der Waals surface area contributed by atoms with E-state index in [9.17, 15) is 9.59 Å². The molecule has 1 aliphatic heterocycles. The number of hydrogen-bond donors (Lipinski definition) is 1. The molecule has 0 radical (unpaired) electrons. The SMILES string of the molecule is Cc1ccc(-n2ncc3c(=O)n4c(nc32)SCC4CC(=O)Nc2cccc(Cl)c2)cc1C. The molecule has 0 aliphatic carbocycles. The number of rotatable bonds is 4. The number of thioether (sulfide) groups is 1. The summed E-state index contributed by atoms with van der Waals surface area (Å²) < 4.78 is 3.32. The molecule has 1 aliphatic rings. The smallest absolute Gasteiger partial charge is 0.265 e. The number of carbonyl (C=O) groups excluding carboxylic acids is 1. The largest absolute Gasteiger partial charge is 0.326 e. The molecule has 0 fully saturated rings. The molecule has 0 bridgehead atoms. The molecule has 0 saturated heterocycles. The molecule has 0 spiro atoms. The predicted molar refractivity (Wildman–Crippen MR) is 127 cm³/mol. The summed E-state index contributed by atoms with van der Waals surface area (Å²) >= 11 is 7.47. The first-order chi connectivity index (χ1) is 15.4. The summed E-state index contributed by atoms with van der Waals surface area (Å²) in [5.74, 6) is 0.429. The molecule has 1 N–H and O–H groups in total. The van der Waals surface area contributed by atoms with Crippen LogP contribution in [-0.4, -0.2) is 31.0 Å². The first-order valence-corrected chi connectivity index (χ1v) is 11.5. The molecule has 4 aromatic rings. The van der Waals surface area contributed by atoms with Gasteiger partial charge in [-0.3, -0.25) is 14.2 Å². The minimum Gasteiger partial charge on any atom is -0.326 e. The van der Waals surface area contributed by atoms with Gasteiger partial charge in [0.15, 0.2) is 10.8 Å². The number of amides is 1. The zero-order chi connectivity index (χ0) is 22.4. The maximum atomic E-state index is 13.3. The fraction of sp³-hybridized carbons (Fsp3) is 0.217. The van der Waals surface area contributed by atoms with Gasteiger partial charge in [0, 0.05) is 22.9 Å². The van der Waals surface area contributed by atoms with Gasteiger partial charge < -0.3 is 5.32 Å². The number of nitrogens with zero attached hydrogens (tertiary/aromatic N) is 4. The molecular weight excluding hydrogens is 446 g/mol. The van der Waals surface area contributed by atoms with Crippen molar-refractivity contribution in [1.82, 2.24) is 19.3 Å². The van der Waals surface area contributed by atoms with Crippen LogP contribution in [-0.2, 0) is 4.79 Å². The van der Waals surface area contributed by atoms with E-state index in [4.69, 9.17) is 16.6 Å². The van der Waals surface area contributed by atoms with Crippen molar-refractivity contribution < 1.29 is 4.79 Å². The number of nitrogens with one attached hydrogen (secondary N) is 1. The normalized spacial score (nSPS) is 15.2. The average Bonchev–Trinajstić information content (AvgIpc) is 3.35. The highest BCUT2D eigenvalue weighted by atomic mass is 35.5. The zero-order valence-electron chi connectivity index (χ0n) is 17.5. The van der Waals surface area contributed by atoms with Gasteiger partial charge in [-0.15, -0.1) is 0 Å². The number of fused-ring (bicyclic) bond motifs is 2. The van der Waals surface area contributed by atoms with Gasteiger partial charge >= 0.3 is 0 Å². The van der Waals surface area contributed by atoms with Gasteiger partial charge in [0.1, 0.15) is 5.39 Å². The standard InChI is InChI=1S/C23H20ClN5O2S/c1-13-6-7-17(8-14(13)2)29-21-19(11-25-29)22(31)28-18(12-32-23(28)27-21)10-20(30)26-16-5-3-4-15(24)9-16/h3-9,11,18H,10,12H2,1-2H3,(H,26,30). The van der Waals surface area contributed by atoms with Crippen LogP contribution >= 0.6 is 23.4 Å². The monoisotopic (exact) mass is 465 g/mol.